The number of aromatic nitrogens is 5. The van der Waals surface area contributed by atoms with Crippen LogP contribution in [-0.2, 0) is 11.2 Å². The fraction of sp³-hybridized carbons (Fsp3) is 0.364. The monoisotopic (exact) mass is 452 g/mol. The Labute approximate surface area is 187 Å². The van der Waals surface area contributed by atoms with E-state index in [4.69, 9.17) is 22.1 Å². The molecule has 1 aliphatic carbocycles. The molecule has 164 valence electrons. The molecular formula is C22H21ClN6O3. The minimum atomic E-state index is -1.10. The Morgan fingerprint density at radius 1 is 1.16 bits per heavy atom. The second-order valence-electron chi connectivity index (χ2n) is 8.75. The van der Waals surface area contributed by atoms with Crippen LogP contribution in [0, 0.1) is 5.92 Å². The number of nitrogens with zero attached hydrogens (tertiary/aromatic N) is 5. The van der Waals surface area contributed by atoms with Crippen LogP contribution >= 0.6 is 11.6 Å². The van der Waals surface area contributed by atoms with Crippen molar-refractivity contribution in [3.8, 4) is 0 Å². The molecule has 1 aromatic carbocycles. The third-order valence-electron chi connectivity index (χ3n) is 6.68. The van der Waals surface area contributed by atoms with E-state index < -0.39 is 24.0 Å². The van der Waals surface area contributed by atoms with Crippen LogP contribution in [0.3, 0.4) is 0 Å². The lowest BCUT2D eigenvalue weighted by Gasteiger charge is -2.46. The van der Waals surface area contributed by atoms with Gasteiger partial charge < -0.3 is 20.7 Å². The SMILES string of the molecule is Nc1ncnc2c1ncn2[C@@H]1O[C@]2(C[C@H](Cc3ccc4cc(Cl)cnc4c3)C2)[C@@H](O)[C@H]1O. The third-order valence-corrected chi connectivity index (χ3v) is 6.89. The number of nitrogen functional groups attached to an aromatic ring is 1. The molecule has 1 saturated carbocycles. The van der Waals surface area contributed by atoms with Crippen LogP contribution in [0.2, 0.25) is 5.02 Å². The third kappa shape index (κ3) is 2.96. The molecule has 0 amide bonds. The van der Waals surface area contributed by atoms with Gasteiger partial charge in [-0.2, -0.15) is 0 Å². The quantitative estimate of drug-likeness (QED) is 0.431. The molecule has 1 saturated heterocycles. The molecule has 2 fully saturated rings. The van der Waals surface area contributed by atoms with E-state index in [1.807, 2.05) is 12.1 Å². The van der Waals surface area contributed by atoms with Crippen LogP contribution in [-0.4, -0.2) is 52.5 Å². The summed E-state index contributed by atoms with van der Waals surface area (Å²) >= 11 is 6.02. The molecule has 6 rings (SSSR count). The summed E-state index contributed by atoms with van der Waals surface area (Å²) in [6.07, 6.45) is 3.76. The van der Waals surface area contributed by atoms with Gasteiger partial charge in [0, 0.05) is 11.6 Å². The summed E-state index contributed by atoms with van der Waals surface area (Å²) in [6, 6.07) is 8.07. The Kier molecular flexibility index (Phi) is 4.38. The number of aliphatic hydroxyl groups is 2. The van der Waals surface area contributed by atoms with Crippen molar-refractivity contribution < 1.29 is 14.9 Å². The number of halogens is 1. The molecule has 1 spiro atoms. The van der Waals surface area contributed by atoms with Crippen molar-refractivity contribution in [2.45, 2.75) is 43.3 Å². The minimum Gasteiger partial charge on any atom is -0.387 e. The average molecular weight is 453 g/mol. The van der Waals surface area contributed by atoms with Crippen molar-refractivity contribution in [2.24, 2.45) is 5.92 Å². The number of nitrogens with two attached hydrogens (primary N) is 1. The van der Waals surface area contributed by atoms with Gasteiger partial charge in [-0.25, -0.2) is 15.0 Å². The first-order valence-electron chi connectivity index (χ1n) is 10.4. The number of rotatable bonds is 3. The number of hydrogen-bond acceptors (Lipinski definition) is 8. The highest BCUT2D eigenvalue weighted by molar-refractivity contribution is 6.31. The number of ether oxygens (including phenoxy) is 1. The van der Waals surface area contributed by atoms with Gasteiger partial charge in [-0.15, -0.1) is 0 Å². The largest absolute Gasteiger partial charge is 0.387 e. The molecule has 4 N–H and O–H groups in total. The van der Waals surface area contributed by atoms with Crippen LogP contribution < -0.4 is 5.73 Å². The molecular weight excluding hydrogens is 432 g/mol. The highest BCUT2D eigenvalue weighted by atomic mass is 35.5. The number of hydrogen-bond donors (Lipinski definition) is 3. The smallest absolute Gasteiger partial charge is 0.167 e. The van der Waals surface area contributed by atoms with Crippen LogP contribution in [0.25, 0.3) is 22.1 Å². The number of fused-ring (bicyclic) bond motifs is 2. The minimum absolute atomic E-state index is 0.257. The first-order valence-corrected chi connectivity index (χ1v) is 10.8. The first-order chi connectivity index (χ1) is 15.4. The molecule has 3 atom stereocenters. The topological polar surface area (TPSA) is 132 Å². The van der Waals surface area contributed by atoms with E-state index >= 15 is 0 Å². The summed E-state index contributed by atoms with van der Waals surface area (Å²) in [5.74, 6) is 0.588. The maximum Gasteiger partial charge on any atom is 0.167 e. The van der Waals surface area contributed by atoms with Crippen molar-refractivity contribution in [3.63, 3.8) is 0 Å². The fourth-order valence-corrected chi connectivity index (χ4v) is 5.29. The molecule has 0 bridgehead atoms. The summed E-state index contributed by atoms with van der Waals surface area (Å²) in [5, 5.41) is 23.2. The van der Waals surface area contributed by atoms with Gasteiger partial charge in [-0.3, -0.25) is 9.55 Å². The lowest BCUT2D eigenvalue weighted by atomic mass is 9.66. The van der Waals surface area contributed by atoms with E-state index in [9.17, 15) is 10.2 Å². The van der Waals surface area contributed by atoms with Crippen molar-refractivity contribution in [2.75, 3.05) is 5.73 Å². The zero-order valence-electron chi connectivity index (χ0n) is 17.0. The second-order valence-corrected chi connectivity index (χ2v) is 9.19. The predicted molar refractivity (Wildman–Crippen MR) is 118 cm³/mol. The number of imidazole rings is 1. The van der Waals surface area contributed by atoms with Gasteiger partial charge in [0.15, 0.2) is 17.7 Å². The van der Waals surface area contributed by atoms with Gasteiger partial charge in [0.25, 0.3) is 0 Å². The highest BCUT2D eigenvalue weighted by Crippen LogP contribution is 2.53. The Bertz CT molecular complexity index is 1340. The van der Waals surface area contributed by atoms with Crippen molar-refractivity contribution >= 4 is 39.5 Å². The lowest BCUT2D eigenvalue weighted by Crippen LogP contribution is -2.53. The molecule has 32 heavy (non-hydrogen) atoms. The van der Waals surface area contributed by atoms with Gasteiger partial charge in [0.05, 0.1) is 16.9 Å². The molecule has 1 aliphatic heterocycles. The number of pyridine rings is 1. The Morgan fingerprint density at radius 3 is 2.84 bits per heavy atom. The molecule has 0 radical (unpaired) electrons. The Morgan fingerprint density at radius 2 is 2.00 bits per heavy atom. The summed E-state index contributed by atoms with van der Waals surface area (Å²) in [5.41, 5.74) is 8.06. The van der Waals surface area contributed by atoms with E-state index in [2.05, 4.69) is 32.1 Å². The molecule has 4 aromatic rings. The molecule has 4 heterocycles. The van der Waals surface area contributed by atoms with Gasteiger partial charge in [-0.05, 0) is 42.9 Å². The Hall–Kier alpha value is -2.85. The predicted octanol–water partition coefficient (Wildman–Crippen LogP) is 2.25. The zero-order valence-corrected chi connectivity index (χ0v) is 17.7. The molecule has 3 aromatic heterocycles. The van der Waals surface area contributed by atoms with Crippen molar-refractivity contribution in [1.29, 1.82) is 0 Å². The Balaban J connectivity index is 1.20. The summed E-state index contributed by atoms with van der Waals surface area (Å²) in [6.45, 7) is 0. The molecule has 2 aliphatic rings. The van der Waals surface area contributed by atoms with Gasteiger partial charge >= 0.3 is 0 Å². The van der Waals surface area contributed by atoms with Crippen molar-refractivity contribution in [3.05, 3.63) is 53.7 Å². The fourth-order valence-electron chi connectivity index (χ4n) is 5.12. The zero-order chi connectivity index (χ0) is 22.0. The van der Waals surface area contributed by atoms with Gasteiger partial charge in [0.1, 0.15) is 29.7 Å². The van der Waals surface area contributed by atoms with Crippen molar-refractivity contribution in [1.82, 2.24) is 24.5 Å². The maximum absolute atomic E-state index is 10.8. The summed E-state index contributed by atoms with van der Waals surface area (Å²) < 4.78 is 7.86. The standard InChI is InChI=1S/C22H21ClN6O3/c23-14-5-13-2-1-11(4-15(13)25-8-14)3-12-6-22(7-12)18(31)17(30)21(32-22)29-10-28-16-19(24)26-9-27-20(16)29/h1-2,4-5,8-10,12,17-18,21,30-31H,3,6-7H2,(H2,24,26,27)/t12-,17-,18+,21-,22-/m1/s1. The van der Waals surface area contributed by atoms with Crippen LogP contribution in [0.1, 0.15) is 24.6 Å². The van der Waals surface area contributed by atoms with Crippen LogP contribution in [0.15, 0.2) is 43.1 Å². The number of anilines is 1. The van der Waals surface area contributed by atoms with Crippen LogP contribution in [0.4, 0.5) is 5.82 Å². The number of benzene rings is 1. The highest BCUT2D eigenvalue weighted by Gasteiger charge is 2.60. The van der Waals surface area contributed by atoms with Gasteiger partial charge in [-0.1, -0.05) is 23.7 Å². The summed E-state index contributed by atoms with van der Waals surface area (Å²) in [4.78, 5) is 16.8. The second kappa shape index (κ2) is 7.08. The summed E-state index contributed by atoms with van der Waals surface area (Å²) in [7, 11) is 0. The van der Waals surface area contributed by atoms with E-state index in [1.165, 1.54) is 18.2 Å². The van der Waals surface area contributed by atoms with E-state index in [0.29, 0.717) is 34.9 Å². The first kappa shape index (κ1) is 19.8. The van der Waals surface area contributed by atoms with Crippen LogP contribution in [0.5, 0.6) is 0 Å². The van der Waals surface area contributed by atoms with E-state index in [0.717, 1.165) is 17.3 Å². The molecule has 0 unspecified atom stereocenters. The average Bonchev–Trinajstić information content (AvgIpc) is 3.29. The van der Waals surface area contributed by atoms with E-state index in [1.54, 1.807) is 10.8 Å². The molecule has 10 heteroatoms. The maximum atomic E-state index is 10.8. The lowest BCUT2D eigenvalue weighted by molar-refractivity contribution is -0.169. The van der Waals surface area contributed by atoms with Gasteiger partial charge in [0.2, 0.25) is 0 Å². The number of aliphatic hydroxyl groups excluding tert-OH is 2. The van der Waals surface area contributed by atoms with E-state index in [-0.39, 0.29) is 5.82 Å². The normalized spacial score (nSPS) is 29.7. The molecule has 9 nitrogen and oxygen atoms in total.